The van der Waals surface area contributed by atoms with Gasteiger partial charge in [-0.05, 0) is 35.4 Å². The van der Waals surface area contributed by atoms with E-state index in [1.807, 2.05) is 12.1 Å². The van der Waals surface area contributed by atoms with Crippen molar-refractivity contribution in [3.63, 3.8) is 0 Å². The zero-order valence-corrected chi connectivity index (χ0v) is 17.2. The highest BCUT2D eigenvalue weighted by Crippen LogP contribution is 2.21. The third-order valence-corrected chi connectivity index (χ3v) is 8.56. The third-order valence-electron chi connectivity index (χ3n) is 4.15. The fraction of sp³-hybridized carbons (Fsp3) is 0.333. The van der Waals surface area contributed by atoms with Gasteiger partial charge in [-0.1, -0.05) is 24.3 Å². The van der Waals surface area contributed by atoms with Crippen molar-refractivity contribution >= 4 is 18.6 Å². The second-order valence-corrected chi connectivity index (χ2v) is 10.7. The summed E-state index contributed by atoms with van der Waals surface area (Å²) in [6.45, 7) is 0. The third kappa shape index (κ3) is 4.92. The molecule has 2 rings (SSSR count). The Labute approximate surface area is 156 Å². The summed E-state index contributed by atoms with van der Waals surface area (Å²) in [5, 5.41) is 0. The van der Waals surface area contributed by atoms with Gasteiger partial charge < -0.3 is 18.0 Å². The van der Waals surface area contributed by atoms with Crippen LogP contribution in [0.15, 0.2) is 53.4 Å². The zero-order chi connectivity index (χ0) is 19.2. The van der Waals surface area contributed by atoms with E-state index in [9.17, 15) is 8.42 Å². The van der Waals surface area contributed by atoms with Gasteiger partial charge in [-0.25, -0.2) is 8.42 Å². The second-order valence-electron chi connectivity index (χ2n) is 5.72. The molecule has 0 amide bonds. The van der Waals surface area contributed by atoms with E-state index < -0.39 is 18.6 Å². The normalized spacial score (nSPS) is 12.2. The van der Waals surface area contributed by atoms with Crippen LogP contribution in [0.1, 0.15) is 11.1 Å². The summed E-state index contributed by atoms with van der Waals surface area (Å²) in [6, 6.07) is 14.3. The Hall–Kier alpha value is -1.71. The Morgan fingerprint density at radius 2 is 1.27 bits per heavy atom. The topological polar surface area (TPSA) is 71.1 Å². The Morgan fingerprint density at radius 3 is 1.73 bits per heavy atom. The van der Waals surface area contributed by atoms with Crippen molar-refractivity contribution in [2.45, 2.75) is 16.7 Å². The standard InChI is InChI=1S/C18H24O6SSi/c1-21-17-9-11-18(12-10-17)25(19,20)13-15-5-7-16(8-6-15)14-26(22-2,23-3)24-4/h5-12H,13-14H2,1-4H3. The molecule has 0 fully saturated rings. The summed E-state index contributed by atoms with van der Waals surface area (Å²) in [5.41, 5.74) is 1.68. The lowest BCUT2D eigenvalue weighted by molar-refractivity contribution is 0.122. The van der Waals surface area contributed by atoms with Crippen molar-refractivity contribution in [2.75, 3.05) is 28.4 Å². The van der Waals surface area contributed by atoms with Gasteiger partial charge in [0, 0.05) is 27.4 Å². The van der Waals surface area contributed by atoms with E-state index in [2.05, 4.69) is 0 Å². The quantitative estimate of drug-likeness (QED) is 0.607. The van der Waals surface area contributed by atoms with Crippen molar-refractivity contribution in [3.8, 4) is 5.75 Å². The predicted molar refractivity (Wildman–Crippen MR) is 101 cm³/mol. The Morgan fingerprint density at radius 1 is 0.769 bits per heavy atom. The fourth-order valence-electron chi connectivity index (χ4n) is 2.56. The van der Waals surface area contributed by atoms with Crippen LogP contribution in [-0.2, 0) is 34.9 Å². The number of hydrogen-bond donors (Lipinski definition) is 0. The molecule has 0 aliphatic rings. The highest BCUT2D eigenvalue weighted by Gasteiger charge is 2.37. The van der Waals surface area contributed by atoms with E-state index in [-0.39, 0.29) is 10.6 Å². The largest absolute Gasteiger partial charge is 0.504 e. The predicted octanol–water partition coefficient (Wildman–Crippen LogP) is 2.63. The molecule has 0 radical (unpaired) electrons. The molecule has 0 aliphatic heterocycles. The van der Waals surface area contributed by atoms with Crippen molar-refractivity contribution < 1.29 is 26.4 Å². The van der Waals surface area contributed by atoms with Crippen molar-refractivity contribution in [3.05, 3.63) is 59.7 Å². The number of benzene rings is 2. The molecule has 6 nitrogen and oxygen atoms in total. The average molecular weight is 397 g/mol. The number of sulfone groups is 1. The van der Waals surface area contributed by atoms with Crippen molar-refractivity contribution in [1.82, 2.24) is 0 Å². The first-order chi connectivity index (χ1) is 12.4. The molecule has 0 bridgehead atoms. The summed E-state index contributed by atoms with van der Waals surface area (Å²) in [5.74, 6) is 0.552. The summed E-state index contributed by atoms with van der Waals surface area (Å²) >= 11 is 0. The number of rotatable bonds is 9. The molecule has 0 N–H and O–H groups in total. The van der Waals surface area contributed by atoms with Crippen LogP contribution in [-0.4, -0.2) is 45.7 Å². The van der Waals surface area contributed by atoms with Gasteiger partial charge in [0.25, 0.3) is 0 Å². The van der Waals surface area contributed by atoms with Crippen LogP contribution >= 0.6 is 0 Å². The lowest BCUT2D eigenvalue weighted by atomic mass is 10.2. The zero-order valence-electron chi connectivity index (χ0n) is 15.4. The average Bonchev–Trinajstić information content (AvgIpc) is 2.67. The molecule has 142 valence electrons. The van der Waals surface area contributed by atoms with Gasteiger partial charge in [-0.3, -0.25) is 0 Å². The molecule has 0 aliphatic carbocycles. The molecule has 0 saturated carbocycles. The molecular formula is C18H24O6SSi. The lowest BCUT2D eigenvalue weighted by Gasteiger charge is -2.24. The molecule has 2 aromatic rings. The molecule has 0 atom stereocenters. The highest BCUT2D eigenvalue weighted by molar-refractivity contribution is 7.90. The van der Waals surface area contributed by atoms with E-state index in [1.165, 1.54) is 0 Å². The van der Waals surface area contributed by atoms with E-state index in [0.717, 1.165) is 5.56 Å². The maximum Gasteiger partial charge on any atom is 0.504 e. The van der Waals surface area contributed by atoms with Crippen LogP contribution in [0.5, 0.6) is 5.75 Å². The number of ether oxygens (including phenoxy) is 1. The molecule has 26 heavy (non-hydrogen) atoms. The van der Waals surface area contributed by atoms with Crippen LogP contribution in [0.3, 0.4) is 0 Å². The number of hydrogen-bond acceptors (Lipinski definition) is 6. The highest BCUT2D eigenvalue weighted by atomic mass is 32.2. The molecule has 2 aromatic carbocycles. The molecule has 0 saturated heterocycles. The Balaban J connectivity index is 2.12. The first-order valence-corrected chi connectivity index (χ1v) is 11.6. The minimum absolute atomic E-state index is 0.0684. The van der Waals surface area contributed by atoms with Crippen LogP contribution in [0.25, 0.3) is 0 Å². The van der Waals surface area contributed by atoms with E-state index in [0.29, 0.717) is 17.4 Å². The van der Waals surface area contributed by atoms with E-state index >= 15 is 0 Å². The maximum atomic E-state index is 12.6. The van der Waals surface area contributed by atoms with Crippen LogP contribution in [0.4, 0.5) is 0 Å². The van der Waals surface area contributed by atoms with Crippen molar-refractivity contribution in [2.24, 2.45) is 0 Å². The molecule has 0 heterocycles. The first kappa shape index (κ1) is 20.6. The number of methoxy groups -OCH3 is 1. The summed E-state index contributed by atoms with van der Waals surface area (Å²) in [6.07, 6.45) is 0. The minimum atomic E-state index is -3.42. The van der Waals surface area contributed by atoms with Gasteiger partial charge in [0.1, 0.15) is 5.75 Å². The molecule has 8 heteroatoms. The van der Waals surface area contributed by atoms with E-state index in [4.69, 9.17) is 18.0 Å². The van der Waals surface area contributed by atoms with Gasteiger partial charge >= 0.3 is 8.80 Å². The first-order valence-electron chi connectivity index (χ1n) is 7.98. The molecule has 0 spiro atoms. The van der Waals surface area contributed by atoms with Gasteiger partial charge in [0.2, 0.25) is 0 Å². The van der Waals surface area contributed by atoms with Crippen LogP contribution in [0, 0.1) is 0 Å². The van der Waals surface area contributed by atoms with Gasteiger partial charge in [-0.2, -0.15) is 0 Å². The minimum Gasteiger partial charge on any atom is -0.497 e. The van der Waals surface area contributed by atoms with Crippen LogP contribution < -0.4 is 4.74 Å². The van der Waals surface area contributed by atoms with Crippen molar-refractivity contribution in [1.29, 1.82) is 0 Å². The van der Waals surface area contributed by atoms with Gasteiger partial charge in [-0.15, -0.1) is 0 Å². The molecule has 0 aromatic heterocycles. The van der Waals surface area contributed by atoms with E-state index in [1.54, 1.807) is 64.8 Å². The SMILES string of the molecule is COc1ccc(S(=O)(=O)Cc2ccc(C[Si](OC)(OC)OC)cc2)cc1. The van der Waals surface area contributed by atoms with Gasteiger partial charge in [0.15, 0.2) is 9.84 Å². The molecular weight excluding hydrogens is 372 g/mol. The fourth-order valence-corrected chi connectivity index (χ4v) is 5.57. The maximum absolute atomic E-state index is 12.6. The van der Waals surface area contributed by atoms with Gasteiger partial charge in [0.05, 0.1) is 17.8 Å². The monoisotopic (exact) mass is 396 g/mol. The summed E-state index contributed by atoms with van der Waals surface area (Å²) < 4.78 is 46.4. The molecule has 0 unspecified atom stereocenters. The lowest BCUT2D eigenvalue weighted by Crippen LogP contribution is -2.45. The van der Waals surface area contributed by atoms with Crippen LogP contribution in [0.2, 0.25) is 0 Å². The second kappa shape index (κ2) is 8.78. The Bertz CT molecular complexity index is 790. The smallest absolute Gasteiger partial charge is 0.497 e. The Kier molecular flexibility index (Phi) is 6.96. The summed E-state index contributed by atoms with van der Waals surface area (Å²) in [7, 11) is 0.0990. The summed E-state index contributed by atoms with van der Waals surface area (Å²) in [4.78, 5) is 0.270.